The smallest absolute Gasteiger partial charge is 0.0417 e. The Kier molecular flexibility index (Phi) is 4.05. The Morgan fingerprint density at radius 2 is 2.33 bits per heavy atom. The Morgan fingerprint density at radius 3 is 2.94 bits per heavy atom. The summed E-state index contributed by atoms with van der Waals surface area (Å²) in [5.41, 5.74) is 0. The number of nitrogens with one attached hydrogen (secondary N) is 1. The summed E-state index contributed by atoms with van der Waals surface area (Å²) in [6.07, 6.45) is 8.70. The van der Waals surface area contributed by atoms with Crippen LogP contribution < -0.4 is 5.32 Å². The molecule has 2 saturated carbocycles. The van der Waals surface area contributed by atoms with E-state index in [1.807, 2.05) is 11.3 Å². The number of hydrogen-bond acceptors (Lipinski definition) is 2. The molecule has 1 aromatic rings. The standard InChI is InChI=1S/C16H25NS/c1-2-7-17-15(16-4-3-8-18-16)11-14-10-12-5-6-13(14)9-12/h3-4,8,12-15,17H,2,5-7,9-11H2,1H3. The summed E-state index contributed by atoms with van der Waals surface area (Å²) in [5.74, 6) is 3.14. The monoisotopic (exact) mass is 263 g/mol. The summed E-state index contributed by atoms with van der Waals surface area (Å²) in [6, 6.07) is 5.13. The summed E-state index contributed by atoms with van der Waals surface area (Å²) in [4.78, 5) is 1.55. The Labute approximate surface area is 115 Å². The van der Waals surface area contributed by atoms with Gasteiger partial charge < -0.3 is 5.32 Å². The van der Waals surface area contributed by atoms with Crippen LogP contribution >= 0.6 is 11.3 Å². The third kappa shape index (κ3) is 2.65. The van der Waals surface area contributed by atoms with Crippen LogP contribution in [0.15, 0.2) is 17.5 Å². The quantitative estimate of drug-likeness (QED) is 0.790. The van der Waals surface area contributed by atoms with Crippen molar-refractivity contribution in [2.45, 2.75) is 51.5 Å². The lowest BCUT2D eigenvalue weighted by molar-refractivity contribution is 0.280. The van der Waals surface area contributed by atoms with Crippen molar-refractivity contribution in [3.05, 3.63) is 22.4 Å². The van der Waals surface area contributed by atoms with Gasteiger partial charge in [-0.05, 0) is 67.8 Å². The van der Waals surface area contributed by atoms with Crippen molar-refractivity contribution < 1.29 is 0 Å². The van der Waals surface area contributed by atoms with E-state index in [1.165, 1.54) is 38.5 Å². The summed E-state index contributed by atoms with van der Waals surface area (Å²) in [6.45, 7) is 3.42. The van der Waals surface area contributed by atoms with Crippen molar-refractivity contribution in [3.63, 3.8) is 0 Å². The van der Waals surface area contributed by atoms with Crippen LogP contribution in [0.1, 0.15) is 56.4 Å². The molecule has 0 amide bonds. The van der Waals surface area contributed by atoms with Gasteiger partial charge in [0.1, 0.15) is 0 Å². The highest BCUT2D eigenvalue weighted by atomic mass is 32.1. The highest BCUT2D eigenvalue weighted by Gasteiger charge is 2.40. The lowest BCUT2D eigenvalue weighted by atomic mass is 9.84. The Balaban J connectivity index is 1.62. The molecule has 0 aromatic carbocycles. The number of fused-ring (bicyclic) bond motifs is 2. The van der Waals surface area contributed by atoms with Gasteiger partial charge >= 0.3 is 0 Å². The molecule has 4 atom stereocenters. The van der Waals surface area contributed by atoms with Crippen molar-refractivity contribution >= 4 is 11.3 Å². The van der Waals surface area contributed by atoms with Gasteiger partial charge in [-0.2, -0.15) is 0 Å². The minimum absolute atomic E-state index is 0.620. The molecule has 100 valence electrons. The fourth-order valence-electron chi connectivity index (χ4n) is 4.08. The van der Waals surface area contributed by atoms with Gasteiger partial charge in [0.2, 0.25) is 0 Å². The number of rotatable bonds is 6. The zero-order chi connectivity index (χ0) is 12.4. The molecule has 1 heterocycles. The Hall–Kier alpha value is -0.340. The molecule has 0 aliphatic heterocycles. The highest BCUT2D eigenvalue weighted by molar-refractivity contribution is 7.10. The summed E-state index contributed by atoms with van der Waals surface area (Å²) in [7, 11) is 0. The predicted molar refractivity (Wildman–Crippen MR) is 78.9 cm³/mol. The van der Waals surface area contributed by atoms with E-state index in [0.717, 1.165) is 24.3 Å². The summed E-state index contributed by atoms with van der Waals surface area (Å²) >= 11 is 1.92. The second-order valence-electron chi connectivity index (χ2n) is 6.19. The molecule has 2 fully saturated rings. The lowest BCUT2D eigenvalue weighted by Crippen LogP contribution is -2.25. The summed E-state index contributed by atoms with van der Waals surface area (Å²) < 4.78 is 0. The number of hydrogen-bond donors (Lipinski definition) is 1. The fourth-order valence-corrected chi connectivity index (χ4v) is 4.89. The molecule has 18 heavy (non-hydrogen) atoms. The minimum atomic E-state index is 0.620. The second kappa shape index (κ2) is 5.75. The second-order valence-corrected chi connectivity index (χ2v) is 7.17. The molecule has 4 unspecified atom stereocenters. The normalized spacial score (nSPS) is 31.9. The van der Waals surface area contributed by atoms with Gasteiger partial charge in [0.25, 0.3) is 0 Å². The van der Waals surface area contributed by atoms with Crippen molar-refractivity contribution in [1.82, 2.24) is 5.32 Å². The van der Waals surface area contributed by atoms with Gasteiger partial charge in [-0.25, -0.2) is 0 Å². The maximum absolute atomic E-state index is 3.77. The first kappa shape index (κ1) is 12.7. The molecule has 3 rings (SSSR count). The van der Waals surface area contributed by atoms with E-state index in [-0.39, 0.29) is 0 Å². The van der Waals surface area contributed by atoms with E-state index < -0.39 is 0 Å². The minimum Gasteiger partial charge on any atom is -0.309 e. The average Bonchev–Trinajstić information content (AvgIpc) is 3.09. The third-order valence-corrected chi connectivity index (χ3v) is 5.94. The SMILES string of the molecule is CCCNC(CC1CC2CCC1C2)c1cccs1. The van der Waals surface area contributed by atoms with Crippen LogP contribution in [-0.2, 0) is 0 Å². The van der Waals surface area contributed by atoms with E-state index in [2.05, 4.69) is 29.8 Å². The van der Waals surface area contributed by atoms with Gasteiger partial charge in [-0.1, -0.05) is 19.4 Å². The van der Waals surface area contributed by atoms with Crippen LogP contribution in [0.5, 0.6) is 0 Å². The third-order valence-electron chi connectivity index (χ3n) is 4.95. The lowest BCUT2D eigenvalue weighted by Gasteiger charge is -2.27. The topological polar surface area (TPSA) is 12.0 Å². The molecule has 0 saturated heterocycles. The zero-order valence-corrected chi connectivity index (χ0v) is 12.2. The first-order valence-electron chi connectivity index (χ1n) is 7.63. The van der Waals surface area contributed by atoms with Gasteiger partial charge in [-0.15, -0.1) is 11.3 Å². The molecule has 0 radical (unpaired) electrons. The summed E-state index contributed by atoms with van der Waals surface area (Å²) in [5, 5.41) is 5.99. The Bertz CT molecular complexity index is 359. The van der Waals surface area contributed by atoms with Crippen LogP contribution in [0.25, 0.3) is 0 Å². The molecule has 0 spiro atoms. The van der Waals surface area contributed by atoms with E-state index in [0.29, 0.717) is 6.04 Å². The van der Waals surface area contributed by atoms with Crippen molar-refractivity contribution in [1.29, 1.82) is 0 Å². The Morgan fingerprint density at radius 1 is 1.39 bits per heavy atom. The van der Waals surface area contributed by atoms with Crippen LogP contribution in [0.2, 0.25) is 0 Å². The highest BCUT2D eigenvalue weighted by Crippen LogP contribution is 2.51. The van der Waals surface area contributed by atoms with Gasteiger partial charge in [0.15, 0.2) is 0 Å². The van der Waals surface area contributed by atoms with Gasteiger partial charge in [-0.3, -0.25) is 0 Å². The molecule has 2 aliphatic carbocycles. The van der Waals surface area contributed by atoms with E-state index in [4.69, 9.17) is 0 Å². The fraction of sp³-hybridized carbons (Fsp3) is 0.750. The van der Waals surface area contributed by atoms with E-state index in [9.17, 15) is 0 Å². The van der Waals surface area contributed by atoms with Crippen molar-refractivity contribution in [3.8, 4) is 0 Å². The molecular weight excluding hydrogens is 238 g/mol. The van der Waals surface area contributed by atoms with Crippen LogP contribution in [0, 0.1) is 17.8 Å². The maximum Gasteiger partial charge on any atom is 0.0417 e. The largest absolute Gasteiger partial charge is 0.309 e. The average molecular weight is 263 g/mol. The molecule has 2 bridgehead atoms. The van der Waals surface area contributed by atoms with Crippen LogP contribution in [0.4, 0.5) is 0 Å². The molecular formula is C16H25NS. The zero-order valence-electron chi connectivity index (χ0n) is 11.4. The van der Waals surface area contributed by atoms with Crippen molar-refractivity contribution in [2.75, 3.05) is 6.54 Å². The molecule has 1 nitrogen and oxygen atoms in total. The maximum atomic E-state index is 3.77. The first-order chi connectivity index (χ1) is 8.86. The molecule has 1 aromatic heterocycles. The molecule has 1 N–H and O–H groups in total. The van der Waals surface area contributed by atoms with Crippen LogP contribution in [0.3, 0.4) is 0 Å². The number of thiophene rings is 1. The predicted octanol–water partition coefficient (Wildman–Crippen LogP) is 4.62. The molecule has 2 heteroatoms. The first-order valence-corrected chi connectivity index (χ1v) is 8.51. The van der Waals surface area contributed by atoms with E-state index >= 15 is 0 Å². The van der Waals surface area contributed by atoms with Crippen LogP contribution in [-0.4, -0.2) is 6.54 Å². The molecule has 2 aliphatic rings. The van der Waals surface area contributed by atoms with Gasteiger partial charge in [0.05, 0.1) is 0 Å². The van der Waals surface area contributed by atoms with Gasteiger partial charge in [0, 0.05) is 10.9 Å². The van der Waals surface area contributed by atoms with E-state index in [1.54, 1.807) is 4.88 Å². The van der Waals surface area contributed by atoms with Crippen molar-refractivity contribution in [2.24, 2.45) is 17.8 Å².